The van der Waals surface area contributed by atoms with Gasteiger partial charge >= 0.3 is 0 Å². The first-order valence-electron chi connectivity index (χ1n) is 8.82. The molecule has 140 valence electrons. The van der Waals surface area contributed by atoms with Crippen molar-refractivity contribution >= 4 is 32.9 Å². The van der Waals surface area contributed by atoms with Crippen molar-refractivity contribution in [2.45, 2.75) is 6.61 Å². The molecule has 1 N–H and O–H groups in total. The van der Waals surface area contributed by atoms with Crippen molar-refractivity contribution in [3.8, 4) is 11.5 Å². The second-order valence-electron chi connectivity index (χ2n) is 6.01. The van der Waals surface area contributed by atoms with Gasteiger partial charge < -0.3 is 9.47 Å². The third-order valence-electron chi connectivity index (χ3n) is 4.11. The van der Waals surface area contributed by atoms with Gasteiger partial charge in [-0.2, -0.15) is 5.10 Å². The minimum atomic E-state index is 0.452. The molecule has 0 fully saturated rings. The topological polar surface area (TPSA) is 55.7 Å². The number of nitrogens with zero attached hydrogens (tertiary/aromatic N) is 2. The fourth-order valence-electron chi connectivity index (χ4n) is 2.76. The summed E-state index contributed by atoms with van der Waals surface area (Å²) in [5.41, 5.74) is 5.87. The Hall–Kier alpha value is -3.38. The molecular weight excluding hydrogens is 370 g/mol. The van der Waals surface area contributed by atoms with Crippen LogP contribution in [0, 0.1) is 0 Å². The third kappa shape index (κ3) is 4.13. The minimum absolute atomic E-state index is 0.452. The molecule has 0 aliphatic heterocycles. The maximum absolute atomic E-state index is 6.04. The van der Waals surface area contributed by atoms with E-state index in [-0.39, 0.29) is 0 Å². The highest BCUT2D eigenvalue weighted by molar-refractivity contribution is 7.22. The molecule has 0 saturated carbocycles. The molecule has 0 aliphatic carbocycles. The SMILES string of the molecule is COc1cccc(/C=N\Nc2nc3ccccc3s2)c1OCc1ccccc1. The summed E-state index contributed by atoms with van der Waals surface area (Å²) in [6.07, 6.45) is 1.72. The van der Waals surface area contributed by atoms with Crippen molar-refractivity contribution in [3.63, 3.8) is 0 Å². The first-order chi connectivity index (χ1) is 13.8. The number of hydrogen-bond donors (Lipinski definition) is 1. The smallest absolute Gasteiger partial charge is 0.204 e. The molecule has 0 amide bonds. The molecule has 6 heteroatoms. The predicted octanol–water partition coefficient (Wildman–Crippen LogP) is 5.33. The number of nitrogens with one attached hydrogen (secondary N) is 1. The Morgan fingerprint density at radius 1 is 1.00 bits per heavy atom. The Bertz CT molecular complexity index is 1060. The van der Waals surface area contributed by atoms with Crippen molar-refractivity contribution in [3.05, 3.63) is 83.9 Å². The molecule has 28 heavy (non-hydrogen) atoms. The van der Waals surface area contributed by atoms with Crippen molar-refractivity contribution < 1.29 is 9.47 Å². The highest BCUT2D eigenvalue weighted by Gasteiger charge is 2.10. The summed E-state index contributed by atoms with van der Waals surface area (Å²) in [5, 5.41) is 5.08. The third-order valence-corrected chi connectivity index (χ3v) is 5.05. The number of methoxy groups -OCH3 is 1. The summed E-state index contributed by atoms with van der Waals surface area (Å²) in [6, 6.07) is 23.7. The Labute approximate surface area is 167 Å². The van der Waals surface area contributed by atoms with E-state index in [1.165, 1.54) is 0 Å². The zero-order valence-corrected chi connectivity index (χ0v) is 16.1. The lowest BCUT2D eigenvalue weighted by atomic mass is 10.2. The van der Waals surface area contributed by atoms with Crippen molar-refractivity contribution in [1.29, 1.82) is 0 Å². The van der Waals surface area contributed by atoms with E-state index in [9.17, 15) is 0 Å². The van der Waals surface area contributed by atoms with Crippen LogP contribution >= 0.6 is 11.3 Å². The molecule has 1 aromatic heterocycles. The number of fused-ring (bicyclic) bond motifs is 1. The Morgan fingerprint density at radius 3 is 2.64 bits per heavy atom. The van der Waals surface area contributed by atoms with Gasteiger partial charge in [-0.25, -0.2) is 4.98 Å². The molecule has 4 aromatic rings. The first-order valence-corrected chi connectivity index (χ1v) is 9.63. The van der Waals surface area contributed by atoms with E-state index < -0.39 is 0 Å². The average Bonchev–Trinajstić information content (AvgIpc) is 3.16. The quantitative estimate of drug-likeness (QED) is 0.343. The Balaban J connectivity index is 1.52. The summed E-state index contributed by atoms with van der Waals surface area (Å²) < 4.78 is 12.6. The van der Waals surface area contributed by atoms with Gasteiger partial charge in [-0.3, -0.25) is 5.43 Å². The van der Waals surface area contributed by atoms with Crippen molar-refractivity contribution in [2.75, 3.05) is 12.5 Å². The van der Waals surface area contributed by atoms with E-state index in [1.807, 2.05) is 72.8 Å². The molecule has 0 spiro atoms. The van der Waals surface area contributed by atoms with E-state index >= 15 is 0 Å². The van der Waals surface area contributed by atoms with Gasteiger partial charge in [-0.05, 0) is 29.8 Å². The second-order valence-corrected chi connectivity index (χ2v) is 7.04. The summed E-state index contributed by atoms with van der Waals surface area (Å²) in [7, 11) is 1.63. The second kappa shape index (κ2) is 8.54. The number of hydrogen-bond acceptors (Lipinski definition) is 6. The van der Waals surface area contributed by atoms with Crippen LogP contribution in [0.5, 0.6) is 11.5 Å². The summed E-state index contributed by atoms with van der Waals surface area (Å²) in [5.74, 6) is 1.32. The van der Waals surface area contributed by atoms with E-state index in [0.29, 0.717) is 18.1 Å². The summed E-state index contributed by atoms with van der Waals surface area (Å²) >= 11 is 1.56. The zero-order chi connectivity index (χ0) is 19.2. The highest BCUT2D eigenvalue weighted by Crippen LogP contribution is 2.31. The lowest BCUT2D eigenvalue weighted by Gasteiger charge is -2.13. The molecule has 5 nitrogen and oxygen atoms in total. The van der Waals surface area contributed by atoms with E-state index in [1.54, 1.807) is 24.7 Å². The fraction of sp³-hybridized carbons (Fsp3) is 0.0909. The first kappa shape index (κ1) is 18.0. The maximum atomic E-state index is 6.04. The van der Waals surface area contributed by atoms with E-state index in [0.717, 1.165) is 26.5 Å². The molecule has 0 saturated heterocycles. The van der Waals surface area contributed by atoms with E-state index in [2.05, 4.69) is 15.5 Å². The average molecular weight is 389 g/mol. The summed E-state index contributed by atoms with van der Waals surface area (Å²) in [4.78, 5) is 4.51. The molecule has 1 heterocycles. The van der Waals surface area contributed by atoms with Gasteiger partial charge in [-0.1, -0.05) is 59.9 Å². The fourth-order valence-corrected chi connectivity index (χ4v) is 3.57. The van der Waals surface area contributed by atoms with Gasteiger partial charge in [0, 0.05) is 5.56 Å². The van der Waals surface area contributed by atoms with Crippen LogP contribution in [0.3, 0.4) is 0 Å². The van der Waals surface area contributed by atoms with Gasteiger partial charge in [0.05, 0.1) is 23.5 Å². The number of thiazole rings is 1. The van der Waals surface area contributed by atoms with Crippen LogP contribution in [-0.4, -0.2) is 18.3 Å². The normalized spacial score (nSPS) is 11.0. The van der Waals surface area contributed by atoms with Crippen LogP contribution in [0.2, 0.25) is 0 Å². The standard InChI is InChI=1S/C22H19N3O2S/c1-26-19-12-7-10-17(21(19)27-15-16-8-3-2-4-9-16)14-23-25-22-24-18-11-5-6-13-20(18)28-22/h2-14H,15H2,1H3,(H,24,25)/b23-14-. The molecule has 0 radical (unpaired) electrons. The number of anilines is 1. The molecular formula is C22H19N3O2S. The monoisotopic (exact) mass is 389 g/mol. The van der Waals surface area contributed by atoms with Crippen LogP contribution < -0.4 is 14.9 Å². The van der Waals surface area contributed by atoms with Gasteiger partial charge in [-0.15, -0.1) is 0 Å². The van der Waals surface area contributed by atoms with Gasteiger partial charge in [0.2, 0.25) is 5.13 Å². The maximum Gasteiger partial charge on any atom is 0.204 e. The Morgan fingerprint density at radius 2 is 1.82 bits per heavy atom. The van der Waals surface area contributed by atoms with Gasteiger partial charge in [0.1, 0.15) is 6.61 Å². The van der Waals surface area contributed by atoms with Crippen molar-refractivity contribution in [1.82, 2.24) is 4.98 Å². The number of para-hydroxylation sites is 2. The van der Waals surface area contributed by atoms with Gasteiger partial charge in [0.15, 0.2) is 11.5 Å². The van der Waals surface area contributed by atoms with Crippen LogP contribution in [0.1, 0.15) is 11.1 Å². The molecule has 3 aromatic carbocycles. The van der Waals surface area contributed by atoms with E-state index in [4.69, 9.17) is 9.47 Å². The molecule has 0 unspecified atom stereocenters. The minimum Gasteiger partial charge on any atom is -0.493 e. The molecule has 4 rings (SSSR count). The van der Waals surface area contributed by atoms with Crippen molar-refractivity contribution in [2.24, 2.45) is 5.10 Å². The zero-order valence-electron chi connectivity index (χ0n) is 15.3. The Kier molecular flexibility index (Phi) is 5.49. The van der Waals surface area contributed by atoms with Gasteiger partial charge in [0.25, 0.3) is 0 Å². The molecule has 0 aliphatic rings. The van der Waals surface area contributed by atoms with Crippen LogP contribution in [0.15, 0.2) is 77.9 Å². The predicted molar refractivity (Wildman–Crippen MR) is 115 cm³/mol. The number of aromatic nitrogens is 1. The number of ether oxygens (including phenoxy) is 2. The number of benzene rings is 3. The summed E-state index contributed by atoms with van der Waals surface area (Å²) in [6.45, 7) is 0.452. The van der Waals surface area contributed by atoms with Crippen LogP contribution in [-0.2, 0) is 6.61 Å². The lowest BCUT2D eigenvalue weighted by Crippen LogP contribution is -2.01. The number of rotatable bonds is 7. The highest BCUT2D eigenvalue weighted by atomic mass is 32.1. The number of hydrazone groups is 1. The lowest BCUT2D eigenvalue weighted by molar-refractivity contribution is 0.284. The van der Waals surface area contributed by atoms with Crippen LogP contribution in [0.25, 0.3) is 10.2 Å². The largest absolute Gasteiger partial charge is 0.493 e. The molecule has 0 atom stereocenters. The molecule has 0 bridgehead atoms. The van der Waals surface area contributed by atoms with Crippen LogP contribution in [0.4, 0.5) is 5.13 Å².